The molecular formula is C56H81N5O18S. The fourth-order valence-corrected chi connectivity index (χ4v) is 11.7. The first-order valence-corrected chi connectivity index (χ1v) is 27.8. The van der Waals surface area contributed by atoms with E-state index in [0.29, 0.717) is 36.1 Å². The van der Waals surface area contributed by atoms with Gasteiger partial charge in [-0.3, -0.25) is 24.1 Å². The Balaban J connectivity index is 1.27. The zero-order valence-corrected chi connectivity index (χ0v) is 48.2. The highest BCUT2D eigenvalue weighted by atomic mass is 32.1. The van der Waals surface area contributed by atoms with Crippen LogP contribution in [0.1, 0.15) is 94.9 Å². The molecule has 14 atom stereocenters. The molecule has 5 rings (SSSR count). The molecule has 8 N–H and O–H groups in total. The van der Waals surface area contributed by atoms with Crippen LogP contribution in [0.3, 0.4) is 0 Å². The van der Waals surface area contributed by atoms with Crippen molar-refractivity contribution >= 4 is 63.1 Å². The predicted molar refractivity (Wildman–Crippen MR) is 292 cm³/mol. The average molecular weight is 1140 g/mol. The molecule has 2 saturated heterocycles. The maximum Gasteiger partial charge on any atom is 0.410 e. The molecule has 2 fully saturated rings. The summed E-state index contributed by atoms with van der Waals surface area (Å²) in [5.74, 6) is -6.38. The Bertz CT molecular complexity index is 2600. The van der Waals surface area contributed by atoms with Crippen LogP contribution in [0.2, 0.25) is 0 Å². The quantitative estimate of drug-likeness (QED) is 0.0543. The summed E-state index contributed by atoms with van der Waals surface area (Å²) in [5, 5.41) is 66.4. The van der Waals surface area contributed by atoms with Crippen molar-refractivity contribution in [1.29, 1.82) is 0 Å². The van der Waals surface area contributed by atoms with Gasteiger partial charge in [-0.15, -0.1) is 11.3 Å². The minimum atomic E-state index is -1.74. The third kappa shape index (κ3) is 15.3. The largest absolute Gasteiger partial charge is 0.480 e. The number of amides is 5. The van der Waals surface area contributed by atoms with Crippen molar-refractivity contribution in [3.05, 3.63) is 64.5 Å². The maximum absolute atomic E-state index is 14.8. The van der Waals surface area contributed by atoms with E-state index in [4.69, 9.17) is 23.7 Å². The number of hydrogen-bond donors (Lipinski definition) is 8. The van der Waals surface area contributed by atoms with E-state index in [1.165, 1.54) is 44.4 Å². The number of likely N-dealkylation sites (N-methyl/N-ethyl adjacent to an activating group) is 2. The number of nitrogens with zero attached hydrogens (tertiary/aromatic N) is 3. The van der Waals surface area contributed by atoms with E-state index in [9.17, 15) is 64.2 Å². The lowest BCUT2D eigenvalue weighted by Gasteiger charge is -2.41. The van der Waals surface area contributed by atoms with Gasteiger partial charge in [0, 0.05) is 56.9 Å². The summed E-state index contributed by atoms with van der Waals surface area (Å²) in [5.41, 5.74) is 1.09. The van der Waals surface area contributed by atoms with E-state index < -0.39 is 140 Å². The molecule has 0 aliphatic carbocycles. The van der Waals surface area contributed by atoms with Crippen molar-refractivity contribution in [2.24, 2.45) is 23.7 Å². The molecule has 24 heteroatoms. The Hall–Kier alpha value is -5.99. The van der Waals surface area contributed by atoms with E-state index in [1.807, 2.05) is 19.9 Å². The normalized spacial score (nSPS) is 22.3. The molecule has 2 aliphatic rings. The Morgan fingerprint density at radius 1 is 0.850 bits per heavy atom. The highest BCUT2D eigenvalue weighted by molar-refractivity contribution is 7.21. The van der Waals surface area contributed by atoms with Crippen LogP contribution >= 0.6 is 11.3 Å². The number of carbonyl (C=O) groups excluding carboxylic acids is 5. The lowest BCUT2D eigenvalue weighted by atomic mass is 9.89. The first-order valence-electron chi connectivity index (χ1n) is 27.0. The number of hydrogen-bond acceptors (Lipinski definition) is 17. The van der Waals surface area contributed by atoms with Gasteiger partial charge in [-0.1, -0.05) is 91.3 Å². The van der Waals surface area contributed by atoms with Crippen molar-refractivity contribution < 1.29 is 87.9 Å². The molecule has 0 saturated carbocycles. The summed E-state index contributed by atoms with van der Waals surface area (Å²) in [4.78, 5) is 99.6. The van der Waals surface area contributed by atoms with Gasteiger partial charge in [0.1, 0.15) is 59.8 Å². The Morgan fingerprint density at radius 2 is 1.52 bits per heavy atom. The zero-order chi connectivity index (χ0) is 59.4. The second kappa shape index (κ2) is 29.1. The smallest absolute Gasteiger partial charge is 0.410 e. The van der Waals surface area contributed by atoms with Gasteiger partial charge in [-0.2, -0.15) is 0 Å². The van der Waals surface area contributed by atoms with E-state index in [-0.39, 0.29) is 40.7 Å². The highest BCUT2D eigenvalue weighted by Crippen LogP contribution is 2.38. The fraction of sp³-hybridized carbons (Fsp3) is 0.625. The number of benzene rings is 2. The van der Waals surface area contributed by atoms with Crippen molar-refractivity contribution in [2.75, 3.05) is 41.5 Å². The number of aliphatic carboxylic acids is 1. The molecule has 3 heterocycles. The van der Waals surface area contributed by atoms with Crippen molar-refractivity contribution in [3.8, 4) is 5.75 Å². The SMILES string of the molecule is CCC(C)[C@@H]([C@@H](CC(=O)N1CCC[C@H]1[C@H](OC)[C@@H](C)C(=O)NC(Cc1ccccc1)C(=O)O)OC)N(C)C(=O)[C@@H](NC(=O)[C@H](C(C)C)N(C)C(=O)OCc1ccc(O[C@@H]2O[C@H](CO)[C@H](O)[C@H](O)[C@H]2O)c2cc(C(=O)O)sc12)C(C)C. The maximum atomic E-state index is 14.8. The summed E-state index contributed by atoms with van der Waals surface area (Å²) in [7, 11) is 5.89. The van der Waals surface area contributed by atoms with E-state index in [0.717, 1.165) is 21.8 Å². The number of carbonyl (C=O) groups is 7. The van der Waals surface area contributed by atoms with Gasteiger partial charge in [0.15, 0.2) is 0 Å². The van der Waals surface area contributed by atoms with Crippen LogP contribution in [0.5, 0.6) is 5.75 Å². The minimum absolute atomic E-state index is 0.0230. The number of likely N-dealkylation sites (tertiary alicyclic amines) is 1. The zero-order valence-electron chi connectivity index (χ0n) is 47.3. The van der Waals surface area contributed by atoms with Crippen LogP contribution in [-0.4, -0.2) is 202 Å². The lowest BCUT2D eigenvalue weighted by molar-refractivity contribution is -0.277. The summed E-state index contributed by atoms with van der Waals surface area (Å²) in [6, 6.07) is 8.52. The first-order chi connectivity index (χ1) is 37.8. The first kappa shape index (κ1) is 64.8. The number of carboxylic acid groups (broad SMARTS) is 2. The second-order valence-electron chi connectivity index (χ2n) is 21.5. The van der Waals surface area contributed by atoms with Crippen LogP contribution in [0.4, 0.5) is 4.79 Å². The molecule has 80 heavy (non-hydrogen) atoms. The summed E-state index contributed by atoms with van der Waals surface area (Å²) >= 11 is 0.853. The number of aromatic carboxylic acids is 1. The number of thiophene rings is 1. The number of methoxy groups -OCH3 is 2. The Morgan fingerprint density at radius 3 is 2.10 bits per heavy atom. The highest BCUT2D eigenvalue weighted by Gasteiger charge is 2.46. The summed E-state index contributed by atoms with van der Waals surface area (Å²) in [6.45, 7) is 11.8. The van der Waals surface area contributed by atoms with Crippen LogP contribution in [0, 0.1) is 23.7 Å². The standard InChI is InChI=1S/C56H81N5O18S/c1-12-30(6)44(38(75-10)25-41(63)61-22-16-19-36(61)48(76-11)31(7)50(67)57-35(53(70)71)23-32-17-14-13-15-18-32)59(8)52(69)42(28(2)3)58-51(68)43(29(4)5)60(9)56(74)77-27-33-20-21-37(34-24-40(54(72)73)80-49(33)34)78-55-47(66)46(65)45(64)39(26-62)79-55/h13-15,17-18,20-21,24,28-31,35-36,38-39,42-48,55,62,64-66H,12,16,19,22-23,25-27H2,1-11H3,(H,57,67)(H,58,68)(H,70,71)(H,72,73)/t30?,31-,35?,36+,38-,39-,42+,43+,44+,45+,46+,47-,48-,55-/m1/s1. The van der Waals surface area contributed by atoms with Crippen molar-refractivity contribution in [3.63, 3.8) is 0 Å². The van der Waals surface area contributed by atoms with Crippen molar-refractivity contribution in [1.82, 2.24) is 25.3 Å². The number of rotatable bonds is 27. The van der Waals surface area contributed by atoms with E-state index >= 15 is 0 Å². The average Bonchev–Trinajstić information content (AvgIpc) is 4.22. The Labute approximate surface area is 470 Å². The molecule has 0 bridgehead atoms. The third-order valence-corrected chi connectivity index (χ3v) is 16.6. The molecule has 2 unspecified atom stereocenters. The van der Waals surface area contributed by atoms with Gasteiger partial charge in [-0.05, 0) is 48.3 Å². The molecule has 5 amide bonds. The molecular weight excluding hydrogens is 1060 g/mol. The number of aliphatic hydroxyl groups is 4. The molecule has 1 aromatic heterocycles. The van der Waals surface area contributed by atoms with Gasteiger partial charge >= 0.3 is 18.0 Å². The van der Waals surface area contributed by atoms with Gasteiger partial charge in [-0.25, -0.2) is 14.4 Å². The van der Waals surface area contributed by atoms with Gasteiger partial charge in [0.05, 0.1) is 43.2 Å². The molecule has 444 valence electrons. The molecule has 2 aromatic carbocycles. The second-order valence-corrected chi connectivity index (χ2v) is 22.5. The number of fused-ring (bicyclic) bond motifs is 1. The molecule has 3 aromatic rings. The summed E-state index contributed by atoms with van der Waals surface area (Å²) < 4.78 is 29.3. The number of ether oxygens (including phenoxy) is 5. The molecule has 0 radical (unpaired) electrons. The van der Waals surface area contributed by atoms with Crippen molar-refractivity contribution in [2.45, 2.75) is 160 Å². The topological polar surface area (TPSA) is 321 Å². The van der Waals surface area contributed by atoms with Crippen LogP contribution < -0.4 is 15.4 Å². The van der Waals surface area contributed by atoms with Crippen LogP contribution in [0.25, 0.3) is 10.1 Å². The molecule has 23 nitrogen and oxygen atoms in total. The lowest BCUT2D eigenvalue weighted by Crippen LogP contribution is -2.60. The Kier molecular flexibility index (Phi) is 23.6. The number of carboxylic acids is 2. The van der Waals surface area contributed by atoms with Gasteiger partial charge < -0.3 is 74.8 Å². The van der Waals surface area contributed by atoms with Gasteiger partial charge in [0.2, 0.25) is 29.9 Å². The monoisotopic (exact) mass is 1140 g/mol. The third-order valence-electron chi connectivity index (χ3n) is 15.4. The van der Waals surface area contributed by atoms with Crippen LogP contribution in [0.15, 0.2) is 48.5 Å². The molecule has 0 spiro atoms. The minimum Gasteiger partial charge on any atom is -0.480 e. The van der Waals surface area contributed by atoms with E-state index in [2.05, 4.69) is 10.6 Å². The predicted octanol–water partition coefficient (Wildman–Crippen LogP) is 3.24. The summed E-state index contributed by atoms with van der Waals surface area (Å²) in [6.07, 6.45) is -8.80. The van der Waals surface area contributed by atoms with Gasteiger partial charge in [0.25, 0.3) is 0 Å². The van der Waals surface area contributed by atoms with E-state index in [1.54, 1.807) is 70.8 Å². The fourth-order valence-electron chi connectivity index (χ4n) is 10.7. The molecule has 2 aliphatic heterocycles. The number of nitrogens with one attached hydrogen (secondary N) is 2. The number of aliphatic hydroxyl groups excluding tert-OH is 4. The van der Waals surface area contributed by atoms with Crippen LogP contribution in [-0.2, 0) is 55.9 Å².